The summed E-state index contributed by atoms with van der Waals surface area (Å²) in [5.41, 5.74) is 6.27. The van der Waals surface area contributed by atoms with Gasteiger partial charge >= 0.3 is 5.97 Å². The summed E-state index contributed by atoms with van der Waals surface area (Å²) < 4.78 is 0. The zero-order valence-corrected chi connectivity index (χ0v) is 11.9. The van der Waals surface area contributed by atoms with Crippen LogP contribution in [0.1, 0.15) is 24.9 Å². The van der Waals surface area contributed by atoms with Crippen LogP contribution in [0.2, 0.25) is 0 Å². The van der Waals surface area contributed by atoms with Gasteiger partial charge in [0.25, 0.3) is 5.91 Å². The number of benzene rings is 1. The molecule has 0 radical (unpaired) electrons. The van der Waals surface area contributed by atoms with Crippen LogP contribution in [-0.2, 0) is 0 Å². The molecule has 0 aliphatic heterocycles. The number of aromatic carboxylic acids is 1. The van der Waals surface area contributed by atoms with E-state index in [2.05, 4.69) is 0 Å². The number of aryl methyl sites for hydroxylation is 1. The maximum absolute atomic E-state index is 12.3. The molecule has 0 aliphatic rings. The molecule has 0 aliphatic carbocycles. The normalized spacial score (nSPS) is 10.3. The highest BCUT2D eigenvalue weighted by atomic mass is 32.1. The standard InChI is InChI=1S/C14H14N2O3S/c1-8-3-6-12(20-8)13(17)16(2)11-5-4-9(15)7-10(11)14(18)19/h3-7H,15H2,1-2H3,(H,18,19). The van der Waals surface area contributed by atoms with Crippen molar-refractivity contribution in [1.29, 1.82) is 0 Å². The number of hydrogen-bond acceptors (Lipinski definition) is 4. The predicted octanol–water partition coefficient (Wildman–Crippen LogP) is 2.61. The topological polar surface area (TPSA) is 83.6 Å². The highest BCUT2D eigenvalue weighted by Crippen LogP contribution is 2.25. The number of amides is 1. The minimum Gasteiger partial charge on any atom is -0.478 e. The van der Waals surface area contributed by atoms with E-state index in [-0.39, 0.29) is 11.5 Å². The lowest BCUT2D eigenvalue weighted by atomic mass is 10.1. The van der Waals surface area contributed by atoms with Crippen molar-refractivity contribution in [3.63, 3.8) is 0 Å². The van der Waals surface area contributed by atoms with Crippen molar-refractivity contribution in [3.8, 4) is 0 Å². The van der Waals surface area contributed by atoms with Crippen LogP contribution in [0.5, 0.6) is 0 Å². The lowest BCUT2D eigenvalue weighted by Gasteiger charge is -2.19. The van der Waals surface area contributed by atoms with Gasteiger partial charge in [-0.25, -0.2) is 4.79 Å². The van der Waals surface area contributed by atoms with Crippen LogP contribution in [0.25, 0.3) is 0 Å². The number of anilines is 2. The molecular weight excluding hydrogens is 276 g/mol. The molecule has 0 spiro atoms. The van der Waals surface area contributed by atoms with Crippen molar-refractivity contribution in [1.82, 2.24) is 0 Å². The van der Waals surface area contributed by atoms with Crippen molar-refractivity contribution in [2.45, 2.75) is 6.92 Å². The van der Waals surface area contributed by atoms with Crippen LogP contribution >= 0.6 is 11.3 Å². The third-order valence-electron chi connectivity index (χ3n) is 2.87. The van der Waals surface area contributed by atoms with E-state index in [1.807, 2.05) is 13.0 Å². The van der Waals surface area contributed by atoms with Crippen LogP contribution in [0.3, 0.4) is 0 Å². The number of nitrogens with two attached hydrogens (primary N) is 1. The van der Waals surface area contributed by atoms with Gasteiger partial charge in [-0.1, -0.05) is 0 Å². The van der Waals surface area contributed by atoms with Gasteiger partial charge in [0.2, 0.25) is 0 Å². The molecule has 0 atom stereocenters. The Labute approximate surface area is 120 Å². The average molecular weight is 290 g/mol. The number of nitrogens with zero attached hydrogens (tertiary/aromatic N) is 1. The second kappa shape index (κ2) is 5.34. The fraction of sp³-hybridized carbons (Fsp3) is 0.143. The SMILES string of the molecule is Cc1ccc(C(=O)N(C)c2ccc(N)cc2C(=O)O)s1. The summed E-state index contributed by atoms with van der Waals surface area (Å²) in [4.78, 5) is 26.5. The van der Waals surface area contributed by atoms with E-state index >= 15 is 0 Å². The van der Waals surface area contributed by atoms with Gasteiger partial charge < -0.3 is 15.7 Å². The van der Waals surface area contributed by atoms with Crippen molar-refractivity contribution in [2.75, 3.05) is 17.7 Å². The maximum Gasteiger partial charge on any atom is 0.337 e. The first-order chi connectivity index (χ1) is 9.40. The lowest BCUT2D eigenvalue weighted by molar-refractivity contribution is 0.0698. The molecule has 5 nitrogen and oxygen atoms in total. The van der Waals surface area contributed by atoms with Crippen LogP contribution < -0.4 is 10.6 Å². The summed E-state index contributed by atoms with van der Waals surface area (Å²) in [5, 5.41) is 9.20. The number of carboxylic acid groups (broad SMARTS) is 1. The minimum atomic E-state index is -1.12. The number of carbonyl (C=O) groups is 2. The average Bonchev–Trinajstić information content (AvgIpc) is 2.83. The van der Waals surface area contributed by atoms with E-state index in [1.54, 1.807) is 19.2 Å². The molecule has 1 aromatic heterocycles. The Morgan fingerprint density at radius 3 is 2.50 bits per heavy atom. The zero-order valence-electron chi connectivity index (χ0n) is 11.1. The Kier molecular flexibility index (Phi) is 3.76. The molecule has 0 saturated carbocycles. The molecule has 20 heavy (non-hydrogen) atoms. The van der Waals surface area contributed by atoms with E-state index in [0.29, 0.717) is 16.3 Å². The van der Waals surface area contributed by atoms with Crippen LogP contribution in [0, 0.1) is 6.92 Å². The Hall–Kier alpha value is -2.34. The molecule has 6 heteroatoms. The molecule has 104 valence electrons. The summed E-state index contributed by atoms with van der Waals surface area (Å²) in [7, 11) is 1.55. The smallest absolute Gasteiger partial charge is 0.337 e. The number of carbonyl (C=O) groups excluding carboxylic acids is 1. The quantitative estimate of drug-likeness (QED) is 0.851. The monoisotopic (exact) mass is 290 g/mol. The van der Waals surface area contributed by atoms with Crippen LogP contribution in [0.15, 0.2) is 30.3 Å². The molecule has 1 heterocycles. The Balaban J connectivity index is 2.40. The van der Waals surface area contributed by atoms with Gasteiger partial charge in [0.1, 0.15) is 0 Å². The number of rotatable bonds is 3. The molecule has 2 rings (SSSR count). The highest BCUT2D eigenvalue weighted by Gasteiger charge is 2.20. The van der Waals surface area contributed by atoms with Gasteiger partial charge in [-0.05, 0) is 37.3 Å². The molecule has 0 unspecified atom stereocenters. The third kappa shape index (κ3) is 2.65. The second-order valence-electron chi connectivity index (χ2n) is 4.36. The molecule has 2 aromatic rings. The van der Waals surface area contributed by atoms with E-state index in [9.17, 15) is 14.7 Å². The molecule has 3 N–H and O–H groups in total. The van der Waals surface area contributed by atoms with Crippen LogP contribution in [-0.4, -0.2) is 24.0 Å². The zero-order chi connectivity index (χ0) is 14.9. The number of nitrogen functional groups attached to an aromatic ring is 1. The molecule has 1 aromatic carbocycles. The van der Waals surface area contributed by atoms with Gasteiger partial charge in [0, 0.05) is 17.6 Å². The van der Waals surface area contributed by atoms with Gasteiger partial charge in [-0.3, -0.25) is 4.79 Å². The minimum absolute atomic E-state index is 0.00845. The highest BCUT2D eigenvalue weighted by molar-refractivity contribution is 7.14. The van der Waals surface area contributed by atoms with E-state index < -0.39 is 5.97 Å². The summed E-state index contributed by atoms with van der Waals surface area (Å²) in [6.07, 6.45) is 0. The third-order valence-corrected chi connectivity index (χ3v) is 3.86. The molecule has 0 saturated heterocycles. The van der Waals surface area contributed by atoms with Gasteiger partial charge in [0.15, 0.2) is 0 Å². The summed E-state index contributed by atoms with van der Waals surface area (Å²) >= 11 is 1.37. The first kappa shape index (κ1) is 14.1. The Morgan fingerprint density at radius 1 is 1.25 bits per heavy atom. The van der Waals surface area contributed by atoms with Crippen LogP contribution in [0.4, 0.5) is 11.4 Å². The molecular formula is C14H14N2O3S. The van der Waals surface area contributed by atoms with E-state index in [1.165, 1.54) is 28.4 Å². The predicted molar refractivity (Wildman–Crippen MR) is 79.6 cm³/mol. The molecule has 0 fully saturated rings. The molecule has 1 amide bonds. The maximum atomic E-state index is 12.3. The largest absolute Gasteiger partial charge is 0.478 e. The number of carboxylic acids is 1. The van der Waals surface area contributed by atoms with Gasteiger partial charge in [-0.2, -0.15) is 0 Å². The lowest BCUT2D eigenvalue weighted by Crippen LogP contribution is -2.27. The summed E-state index contributed by atoms with van der Waals surface area (Å²) in [6, 6.07) is 8.05. The van der Waals surface area contributed by atoms with Crippen molar-refractivity contribution < 1.29 is 14.7 Å². The first-order valence-electron chi connectivity index (χ1n) is 5.87. The summed E-state index contributed by atoms with van der Waals surface area (Å²) in [5.74, 6) is -1.36. The van der Waals surface area contributed by atoms with Crippen molar-refractivity contribution in [2.24, 2.45) is 0 Å². The van der Waals surface area contributed by atoms with E-state index in [4.69, 9.17) is 5.73 Å². The Bertz CT molecular complexity index is 679. The fourth-order valence-electron chi connectivity index (χ4n) is 1.84. The number of hydrogen-bond donors (Lipinski definition) is 2. The van der Waals surface area contributed by atoms with Gasteiger partial charge in [0.05, 0.1) is 16.1 Å². The fourth-order valence-corrected chi connectivity index (χ4v) is 2.68. The van der Waals surface area contributed by atoms with E-state index in [0.717, 1.165) is 4.88 Å². The molecule has 0 bridgehead atoms. The van der Waals surface area contributed by atoms with Crippen molar-refractivity contribution in [3.05, 3.63) is 45.6 Å². The van der Waals surface area contributed by atoms with Crippen molar-refractivity contribution >= 4 is 34.6 Å². The second-order valence-corrected chi connectivity index (χ2v) is 5.64. The van der Waals surface area contributed by atoms with Gasteiger partial charge in [-0.15, -0.1) is 11.3 Å². The number of thiophene rings is 1. The summed E-state index contributed by atoms with van der Waals surface area (Å²) in [6.45, 7) is 1.91. The Morgan fingerprint density at radius 2 is 1.95 bits per heavy atom. The first-order valence-corrected chi connectivity index (χ1v) is 6.69.